The Morgan fingerprint density at radius 3 is 2.77 bits per heavy atom. The number of benzene rings is 1. The summed E-state index contributed by atoms with van der Waals surface area (Å²) in [5.74, 6) is 0.356. The third kappa shape index (κ3) is 6.16. The molecule has 1 aromatic heterocycles. The third-order valence-corrected chi connectivity index (χ3v) is 6.94. The van der Waals surface area contributed by atoms with Crippen molar-refractivity contribution in [3.63, 3.8) is 0 Å². The lowest BCUT2D eigenvalue weighted by molar-refractivity contribution is 0.0128. The van der Waals surface area contributed by atoms with Crippen molar-refractivity contribution in [1.29, 1.82) is 0 Å². The lowest BCUT2D eigenvalue weighted by Gasteiger charge is -2.29. The van der Waals surface area contributed by atoms with Crippen LogP contribution in [0.4, 0.5) is 5.69 Å². The van der Waals surface area contributed by atoms with Gasteiger partial charge in [-0.15, -0.1) is 0 Å². The molecule has 2 atom stereocenters. The summed E-state index contributed by atoms with van der Waals surface area (Å²) in [4.78, 5) is 17.2. The molecule has 2 aromatic rings. The van der Waals surface area contributed by atoms with Crippen LogP contribution >= 0.6 is 0 Å². The summed E-state index contributed by atoms with van der Waals surface area (Å²) in [7, 11) is 0. The largest absolute Gasteiger partial charge is 0.390 e. The molecular weight excluding hydrogens is 384 g/mol. The summed E-state index contributed by atoms with van der Waals surface area (Å²) in [6.07, 6.45) is 11.8. The van der Waals surface area contributed by atoms with Gasteiger partial charge in [0, 0.05) is 11.8 Å². The predicted molar refractivity (Wildman–Crippen MR) is 128 cm³/mol. The molecule has 31 heavy (non-hydrogen) atoms. The molecule has 0 saturated heterocycles. The number of hydrogen-bond acceptors (Lipinski definition) is 3. The first-order chi connectivity index (χ1) is 15.0. The van der Waals surface area contributed by atoms with Crippen LogP contribution in [0.25, 0.3) is 0 Å². The van der Waals surface area contributed by atoms with E-state index >= 15 is 0 Å². The average Bonchev–Trinajstić information content (AvgIpc) is 2.80. The van der Waals surface area contributed by atoms with Crippen molar-refractivity contribution < 1.29 is 9.90 Å². The van der Waals surface area contributed by atoms with Crippen LogP contribution in [0.15, 0.2) is 36.5 Å². The zero-order valence-corrected chi connectivity index (χ0v) is 19.4. The Balaban J connectivity index is 1.87. The van der Waals surface area contributed by atoms with Gasteiger partial charge in [-0.1, -0.05) is 39.2 Å². The van der Waals surface area contributed by atoms with E-state index in [9.17, 15) is 9.90 Å². The molecule has 3 rings (SSSR count). The molecule has 168 valence electrons. The maximum absolute atomic E-state index is 12.9. The molecule has 1 amide bonds. The van der Waals surface area contributed by atoms with E-state index in [2.05, 4.69) is 36.3 Å². The third-order valence-electron chi connectivity index (χ3n) is 6.94. The molecule has 1 aliphatic rings. The number of hydrogen-bond donors (Lipinski definition) is 2. The van der Waals surface area contributed by atoms with Gasteiger partial charge in [-0.05, 0) is 93.2 Å². The van der Waals surface area contributed by atoms with Crippen molar-refractivity contribution in [3.8, 4) is 0 Å². The Labute approximate surface area is 187 Å². The summed E-state index contributed by atoms with van der Waals surface area (Å²) in [6.45, 7) is 6.24. The van der Waals surface area contributed by atoms with Gasteiger partial charge >= 0.3 is 0 Å². The van der Waals surface area contributed by atoms with Crippen molar-refractivity contribution in [2.75, 3.05) is 5.32 Å². The van der Waals surface area contributed by atoms with Crippen LogP contribution < -0.4 is 5.32 Å². The normalized spacial score (nSPS) is 22.3. The van der Waals surface area contributed by atoms with E-state index in [-0.39, 0.29) is 5.91 Å². The first-order valence-electron chi connectivity index (χ1n) is 12.0. The molecule has 0 spiro atoms. The smallest absolute Gasteiger partial charge is 0.255 e. The molecule has 1 aromatic carbocycles. The van der Waals surface area contributed by atoms with Crippen LogP contribution in [0.1, 0.15) is 105 Å². The Morgan fingerprint density at radius 2 is 2.03 bits per heavy atom. The molecule has 0 bridgehead atoms. The second kappa shape index (κ2) is 10.9. The van der Waals surface area contributed by atoms with Crippen molar-refractivity contribution in [2.45, 2.75) is 96.5 Å². The Kier molecular flexibility index (Phi) is 8.25. The number of nitrogens with zero attached hydrogens (tertiary/aromatic N) is 1. The SMILES string of the molecule is CCCC1CCC(O)(CC)CCCCCc2cc(C(=O)Nc3cccnc3C)ccc21. The Bertz CT molecular complexity index is 879. The van der Waals surface area contributed by atoms with Gasteiger partial charge in [0.05, 0.1) is 17.0 Å². The van der Waals surface area contributed by atoms with Crippen LogP contribution in [0.3, 0.4) is 0 Å². The molecule has 1 heterocycles. The fourth-order valence-corrected chi connectivity index (χ4v) is 4.84. The minimum Gasteiger partial charge on any atom is -0.390 e. The van der Waals surface area contributed by atoms with E-state index < -0.39 is 5.60 Å². The van der Waals surface area contributed by atoms with Crippen molar-refractivity contribution in [2.24, 2.45) is 0 Å². The van der Waals surface area contributed by atoms with E-state index in [0.29, 0.717) is 11.5 Å². The molecule has 0 fully saturated rings. The lowest BCUT2D eigenvalue weighted by Crippen LogP contribution is -2.28. The molecule has 0 radical (unpaired) electrons. The quantitative estimate of drug-likeness (QED) is 0.573. The molecule has 4 nitrogen and oxygen atoms in total. The predicted octanol–water partition coefficient (Wildman–Crippen LogP) is 6.56. The average molecular weight is 423 g/mol. The number of carbonyl (C=O) groups is 1. The second-order valence-corrected chi connectivity index (χ2v) is 9.17. The first kappa shape index (κ1) is 23.5. The van der Waals surface area contributed by atoms with E-state index in [1.54, 1.807) is 6.20 Å². The van der Waals surface area contributed by atoms with Crippen molar-refractivity contribution in [1.82, 2.24) is 4.98 Å². The molecule has 4 heteroatoms. The van der Waals surface area contributed by atoms with Crippen LogP contribution in [0.5, 0.6) is 0 Å². The highest BCUT2D eigenvalue weighted by atomic mass is 16.3. The van der Waals surface area contributed by atoms with Crippen LogP contribution in [-0.4, -0.2) is 21.6 Å². The van der Waals surface area contributed by atoms with Gasteiger partial charge in [0.25, 0.3) is 5.91 Å². The molecule has 1 aliphatic carbocycles. The monoisotopic (exact) mass is 422 g/mol. The number of aromatic nitrogens is 1. The van der Waals surface area contributed by atoms with Gasteiger partial charge in [0.1, 0.15) is 0 Å². The van der Waals surface area contributed by atoms with Gasteiger partial charge in [-0.25, -0.2) is 0 Å². The number of rotatable bonds is 5. The highest BCUT2D eigenvalue weighted by Gasteiger charge is 2.27. The fourth-order valence-electron chi connectivity index (χ4n) is 4.84. The molecular formula is C27H38N2O2. The number of aryl methyl sites for hydroxylation is 2. The van der Waals surface area contributed by atoms with Crippen molar-refractivity contribution in [3.05, 3.63) is 58.9 Å². The van der Waals surface area contributed by atoms with Gasteiger partial charge in [0.2, 0.25) is 0 Å². The number of fused-ring (bicyclic) bond motifs is 1. The second-order valence-electron chi connectivity index (χ2n) is 9.17. The molecule has 0 aliphatic heterocycles. The van der Waals surface area contributed by atoms with Gasteiger partial charge in [0.15, 0.2) is 0 Å². The zero-order chi connectivity index (χ0) is 22.3. The highest BCUT2D eigenvalue weighted by molar-refractivity contribution is 6.04. The van der Waals surface area contributed by atoms with Crippen LogP contribution in [-0.2, 0) is 6.42 Å². The Hall–Kier alpha value is -2.20. The lowest BCUT2D eigenvalue weighted by atomic mass is 9.81. The summed E-state index contributed by atoms with van der Waals surface area (Å²) < 4.78 is 0. The number of anilines is 1. The van der Waals surface area contributed by atoms with Crippen molar-refractivity contribution >= 4 is 11.6 Å². The summed E-state index contributed by atoms with van der Waals surface area (Å²) >= 11 is 0. The van der Waals surface area contributed by atoms with E-state index in [1.165, 1.54) is 11.1 Å². The zero-order valence-electron chi connectivity index (χ0n) is 19.4. The maximum atomic E-state index is 12.9. The summed E-state index contributed by atoms with van der Waals surface area (Å²) in [5.41, 5.74) is 4.42. The Morgan fingerprint density at radius 1 is 1.19 bits per heavy atom. The maximum Gasteiger partial charge on any atom is 0.255 e. The highest BCUT2D eigenvalue weighted by Crippen LogP contribution is 2.36. The fraction of sp³-hybridized carbons (Fsp3) is 0.556. The minimum absolute atomic E-state index is 0.0828. The summed E-state index contributed by atoms with van der Waals surface area (Å²) in [6, 6.07) is 9.96. The van der Waals surface area contributed by atoms with E-state index in [4.69, 9.17) is 0 Å². The van der Waals surface area contributed by atoms with E-state index in [0.717, 1.165) is 75.6 Å². The van der Waals surface area contributed by atoms with Gasteiger partial charge < -0.3 is 10.4 Å². The minimum atomic E-state index is -0.530. The molecule has 2 unspecified atom stereocenters. The number of pyridine rings is 1. The standard InChI is InChI=1S/C27H38N2O2/c1-4-10-21-15-17-27(31,5-2)16-8-6-7-11-22-19-23(13-14-24(21)22)26(30)29-25-12-9-18-28-20(25)3/h9,12-14,18-19,21,31H,4-8,10-11,15-17H2,1-3H3,(H,29,30). The van der Waals surface area contributed by atoms with Gasteiger partial charge in [-0.3, -0.25) is 9.78 Å². The van der Waals surface area contributed by atoms with Crippen LogP contribution in [0, 0.1) is 6.92 Å². The van der Waals surface area contributed by atoms with Gasteiger partial charge in [-0.2, -0.15) is 0 Å². The number of carbonyl (C=O) groups excluding carboxylic acids is 1. The molecule has 0 saturated carbocycles. The van der Waals surface area contributed by atoms with E-state index in [1.807, 2.05) is 25.1 Å². The first-order valence-corrected chi connectivity index (χ1v) is 12.0. The number of aliphatic hydroxyl groups is 1. The number of nitrogens with one attached hydrogen (secondary N) is 1. The topological polar surface area (TPSA) is 62.2 Å². The summed E-state index contributed by atoms with van der Waals surface area (Å²) in [5, 5.41) is 14.1. The molecule has 2 N–H and O–H groups in total. The number of amides is 1. The van der Waals surface area contributed by atoms with Crippen LogP contribution in [0.2, 0.25) is 0 Å².